The Kier molecular flexibility index (Phi) is 5.57. The predicted molar refractivity (Wildman–Crippen MR) is 111 cm³/mol. The molecule has 2 aromatic rings. The molecular weight excluding hydrogens is 398 g/mol. The first kappa shape index (κ1) is 20.1. The van der Waals surface area contributed by atoms with Gasteiger partial charge in [-0.3, -0.25) is 4.79 Å². The van der Waals surface area contributed by atoms with E-state index < -0.39 is 21.4 Å². The highest BCUT2D eigenvalue weighted by molar-refractivity contribution is 8.04. The predicted octanol–water partition coefficient (Wildman–Crippen LogP) is 2.41. The molecule has 0 fully saturated rings. The Morgan fingerprint density at radius 1 is 1.18 bits per heavy atom. The molecule has 0 aromatic heterocycles. The fourth-order valence-electron chi connectivity index (χ4n) is 3.05. The van der Waals surface area contributed by atoms with E-state index in [1.54, 1.807) is 19.1 Å². The maximum absolute atomic E-state index is 12.6. The summed E-state index contributed by atoms with van der Waals surface area (Å²) in [6.07, 6.45) is 1.06. The van der Waals surface area contributed by atoms with Crippen LogP contribution in [0, 0.1) is 0 Å². The Hall–Kier alpha value is -2.65. The lowest BCUT2D eigenvalue weighted by atomic mass is 10.2. The van der Waals surface area contributed by atoms with E-state index in [9.17, 15) is 18.3 Å². The molecule has 1 atom stereocenters. The van der Waals surface area contributed by atoms with Crippen molar-refractivity contribution in [1.29, 1.82) is 0 Å². The van der Waals surface area contributed by atoms with Gasteiger partial charge in [0.25, 0.3) is 5.91 Å². The first-order chi connectivity index (χ1) is 13.2. The number of amides is 1. The number of carbonyl (C=O) groups is 1. The number of hydrogen-bond acceptors (Lipinski definition) is 6. The van der Waals surface area contributed by atoms with Crippen LogP contribution in [0.4, 0.5) is 5.69 Å². The molecular formula is C19H21N3O4S2. The SMILES string of the molecule is CC1=C(C(N)=O)N(S(C)(=O)=O)C(N(Cc2ccccc2)c2ccc(O)cc2)S1. The quantitative estimate of drug-likeness (QED) is 0.745. The number of sulfonamides is 1. The molecule has 1 aliphatic heterocycles. The molecule has 0 bridgehead atoms. The molecule has 3 N–H and O–H groups in total. The molecule has 3 rings (SSSR count). The topological polar surface area (TPSA) is 104 Å². The van der Waals surface area contributed by atoms with E-state index >= 15 is 0 Å². The number of nitrogens with two attached hydrogens (primary N) is 1. The molecule has 0 aliphatic carbocycles. The van der Waals surface area contributed by atoms with Gasteiger partial charge in [0, 0.05) is 17.1 Å². The Labute approximate surface area is 168 Å². The van der Waals surface area contributed by atoms with Crippen LogP contribution in [-0.4, -0.2) is 35.5 Å². The molecule has 1 amide bonds. The summed E-state index contributed by atoms with van der Waals surface area (Å²) in [5.74, 6) is -0.683. The number of carbonyl (C=O) groups excluding carboxylic acids is 1. The van der Waals surface area contributed by atoms with Gasteiger partial charge in [-0.2, -0.15) is 0 Å². The van der Waals surface area contributed by atoms with Gasteiger partial charge in [0.05, 0.1) is 6.26 Å². The van der Waals surface area contributed by atoms with Crippen molar-refractivity contribution >= 4 is 33.4 Å². The average Bonchev–Trinajstić information content (AvgIpc) is 2.99. The van der Waals surface area contributed by atoms with Crippen LogP contribution in [0.3, 0.4) is 0 Å². The van der Waals surface area contributed by atoms with Gasteiger partial charge in [-0.15, -0.1) is 0 Å². The van der Waals surface area contributed by atoms with E-state index in [4.69, 9.17) is 5.73 Å². The summed E-state index contributed by atoms with van der Waals surface area (Å²) in [6.45, 7) is 2.08. The van der Waals surface area contributed by atoms with Crippen molar-refractivity contribution < 1.29 is 18.3 Å². The van der Waals surface area contributed by atoms with Crippen LogP contribution in [0.25, 0.3) is 0 Å². The van der Waals surface area contributed by atoms with Crippen LogP contribution in [0.5, 0.6) is 5.75 Å². The van der Waals surface area contributed by atoms with Crippen LogP contribution in [0.2, 0.25) is 0 Å². The Balaban J connectivity index is 2.09. The third-order valence-corrected chi connectivity index (χ3v) is 6.72. The zero-order valence-corrected chi connectivity index (χ0v) is 17.1. The third kappa shape index (κ3) is 4.10. The number of anilines is 1. The molecule has 1 aliphatic rings. The first-order valence-electron chi connectivity index (χ1n) is 8.45. The second-order valence-electron chi connectivity index (χ2n) is 6.40. The Morgan fingerprint density at radius 3 is 2.32 bits per heavy atom. The number of hydrogen-bond donors (Lipinski definition) is 2. The zero-order chi connectivity index (χ0) is 20.5. The minimum Gasteiger partial charge on any atom is -0.508 e. The molecule has 0 saturated carbocycles. The summed E-state index contributed by atoms with van der Waals surface area (Å²) in [5.41, 5.74) is 6.41. The second kappa shape index (κ2) is 7.76. The molecule has 0 spiro atoms. The highest BCUT2D eigenvalue weighted by Gasteiger charge is 2.42. The van der Waals surface area contributed by atoms with E-state index in [0.717, 1.165) is 16.1 Å². The van der Waals surface area contributed by atoms with Gasteiger partial charge in [-0.05, 0) is 36.8 Å². The second-order valence-corrected chi connectivity index (χ2v) is 9.53. The van der Waals surface area contributed by atoms with Crippen LogP contribution >= 0.6 is 11.8 Å². The van der Waals surface area contributed by atoms with Gasteiger partial charge in [-0.1, -0.05) is 42.1 Å². The maximum Gasteiger partial charge on any atom is 0.266 e. The summed E-state index contributed by atoms with van der Waals surface area (Å²) in [6, 6.07) is 16.1. The lowest BCUT2D eigenvalue weighted by Gasteiger charge is -2.36. The average molecular weight is 420 g/mol. The summed E-state index contributed by atoms with van der Waals surface area (Å²) < 4.78 is 26.2. The van der Waals surface area contributed by atoms with Crippen molar-refractivity contribution in [3.63, 3.8) is 0 Å². The number of primary amides is 1. The number of nitrogens with zero attached hydrogens (tertiary/aromatic N) is 2. The summed E-state index contributed by atoms with van der Waals surface area (Å²) >= 11 is 1.25. The van der Waals surface area contributed by atoms with E-state index in [0.29, 0.717) is 17.1 Å². The summed E-state index contributed by atoms with van der Waals surface area (Å²) in [5, 5.41) is 9.63. The largest absolute Gasteiger partial charge is 0.508 e. The molecule has 0 saturated heterocycles. The summed E-state index contributed by atoms with van der Waals surface area (Å²) in [7, 11) is -3.77. The highest BCUT2D eigenvalue weighted by atomic mass is 32.2. The number of benzene rings is 2. The number of aromatic hydroxyl groups is 1. The van der Waals surface area contributed by atoms with Crippen molar-refractivity contribution in [2.45, 2.75) is 19.0 Å². The molecule has 1 heterocycles. The van der Waals surface area contributed by atoms with Crippen LogP contribution in [0.1, 0.15) is 12.5 Å². The number of allylic oxidation sites excluding steroid dienone is 1. The number of rotatable bonds is 6. The van der Waals surface area contributed by atoms with Gasteiger partial charge in [0.15, 0.2) is 5.50 Å². The third-order valence-electron chi connectivity index (χ3n) is 4.27. The molecule has 9 heteroatoms. The lowest BCUT2D eigenvalue weighted by Crippen LogP contribution is -2.47. The lowest BCUT2D eigenvalue weighted by molar-refractivity contribution is -0.115. The van der Waals surface area contributed by atoms with Crippen molar-refractivity contribution in [3.8, 4) is 5.75 Å². The molecule has 2 aromatic carbocycles. The minimum absolute atomic E-state index is 0.0191. The van der Waals surface area contributed by atoms with E-state index in [-0.39, 0.29) is 11.4 Å². The van der Waals surface area contributed by atoms with Gasteiger partial charge < -0.3 is 15.7 Å². The van der Waals surface area contributed by atoms with Crippen molar-refractivity contribution in [3.05, 3.63) is 70.8 Å². The van der Waals surface area contributed by atoms with Crippen molar-refractivity contribution in [1.82, 2.24) is 4.31 Å². The molecule has 7 nitrogen and oxygen atoms in total. The van der Waals surface area contributed by atoms with Gasteiger partial charge in [0.2, 0.25) is 10.0 Å². The molecule has 28 heavy (non-hydrogen) atoms. The van der Waals surface area contributed by atoms with Crippen LogP contribution < -0.4 is 10.6 Å². The smallest absolute Gasteiger partial charge is 0.266 e. The fraction of sp³-hybridized carbons (Fsp3) is 0.211. The Bertz CT molecular complexity index is 1010. The first-order valence-corrected chi connectivity index (χ1v) is 11.2. The summed E-state index contributed by atoms with van der Waals surface area (Å²) in [4.78, 5) is 14.4. The van der Waals surface area contributed by atoms with Crippen molar-refractivity contribution in [2.75, 3.05) is 11.2 Å². The zero-order valence-electron chi connectivity index (χ0n) is 15.4. The van der Waals surface area contributed by atoms with E-state index in [2.05, 4.69) is 0 Å². The molecule has 148 valence electrons. The minimum atomic E-state index is -3.77. The fourth-order valence-corrected chi connectivity index (χ4v) is 5.86. The van der Waals surface area contributed by atoms with Gasteiger partial charge in [-0.25, -0.2) is 12.7 Å². The van der Waals surface area contributed by atoms with Crippen LogP contribution in [0.15, 0.2) is 65.2 Å². The standard InChI is InChI=1S/C19H21N3O4S2/c1-13-17(18(20)24)22(28(2,25)26)19(27-13)21(12-14-6-4-3-5-7-14)15-8-10-16(23)11-9-15/h3-11,19,23H,12H2,1-2H3,(H2,20,24). The van der Waals surface area contributed by atoms with Crippen LogP contribution in [-0.2, 0) is 21.4 Å². The van der Waals surface area contributed by atoms with Gasteiger partial charge in [0.1, 0.15) is 11.4 Å². The highest BCUT2D eigenvalue weighted by Crippen LogP contribution is 2.43. The molecule has 0 radical (unpaired) electrons. The number of phenols is 1. The number of thioether (sulfide) groups is 1. The van der Waals surface area contributed by atoms with Gasteiger partial charge >= 0.3 is 0 Å². The Morgan fingerprint density at radius 2 is 1.79 bits per heavy atom. The van der Waals surface area contributed by atoms with E-state index in [1.807, 2.05) is 35.2 Å². The van der Waals surface area contributed by atoms with E-state index in [1.165, 1.54) is 23.9 Å². The molecule has 1 unspecified atom stereocenters. The number of phenolic OH excluding ortho intramolecular Hbond substituents is 1. The maximum atomic E-state index is 12.6. The normalized spacial score (nSPS) is 17.1. The van der Waals surface area contributed by atoms with Crippen molar-refractivity contribution in [2.24, 2.45) is 5.73 Å². The monoisotopic (exact) mass is 419 g/mol.